The van der Waals surface area contributed by atoms with Gasteiger partial charge in [-0.3, -0.25) is 0 Å². The van der Waals surface area contributed by atoms with E-state index in [1.54, 1.807) is 0 Å². The first-order valence-electron chi connectivity index (χ1n) is 7.94. The van der Waals surface area contributed by atoms with Crippen molar-refractivity contribution in [2.45, 2.75) is 96.4 Å². The van der Waals surface area contributed by atoms with E-state index in [1.807, 2.05) is 0 Å². The highest BCUT2D eigenvalue weighted by Crippen LogP contribution is 2.34. The summed E-state index contributed by atoms with van der Waals surface area (Å²) in [7, 11) is -1.31. The van der Waals surface area contributed by atoms with Crippen LogP contribution < -0.4 is 0 Å². The molecular formula is C15H32OSi. The Kier molecular flexibility index (Phi) is 7.45. The zero-order valence-corrected chi connectivity index (χ0v) is 13.3. The topological polar surface area (TPSA) is 9.23 Å². The molecule has 1 aliphatic heterocycles. The Morgan fingerprint density at radius 3 is 2.18 bits per heavy atom. The molecule has 0 bridgehead atoms. The van der Waals surface area contributed by atoms with Crippen LogP contribution in [-0.2, 0) is 4.43 Å². The quantitative estimate of drug-likeness (QED) is 0.520. The standard InChI is InChI=1S/C15H32OSi/c1-4-7-12-15(11-5-2)16-17(6-3)13-9-8-10-14-17/h15H,4-14H2,1-3H3. The number of unbranched alkanes of at least 4 members (excludes halogenated alkanes) is 1. The fourth-order valence-electron chi connectivity index (χ4n) is 3.12. The second-order valence-corrected chi connectivity index (χ2v) is 10.1. The van der Waals surface area contributed by atoms with Crippen LogP contribution in [0.1, 0.15) is 72.1 Å². The van der Waals surface area contributed by atoms with Crippen LogP contribution in [0.5, 0.6) is 0 Å². The van der Waals surface area contributed by atoms with E-state index < -0.39 is 8.32 Å². The normalized spacial score (nSPS) is 21.4. The molecule has 0 amide bonds. The third-order valence-corrected chi connectivity index (χ3v) is 8.97. The summed E-state index contributed by atoms with van der Waals surface area (Å²) >= 11 is 0. The lowest BCUT2D eigenvalue weighted by molar-refractivity contribution is 0.159. The maximum absolute atomic E-state index is 6.71. The monoisotopic (exact) mass is 256 g/mol. The highest BCUT2D eigenvalue weighted by atomic mass is 28.4. The fraction of sp³-hybridized carbons (Fsp3) is 1.00. The summed E-state index contributed by atoms with van der Waals surface area (Å²) in [4.78, 5) is 0. The molecule has 0 radical (unpaired) electrons. The van der Waals surface area contributed by atoms with Crippen LogP contribution >= 0.6 is 0 Å². The van der Waals surface area contributed by atoms with Gasteiger partial charge in [-0.1, -0.05) is 59.3 Å². The minimum absolute atomic E-state index is 0.588. The van der Waals surface area contributed by atoms with Crippen molar-refractivity contribution in [3.8, 4) is 0 Å². The molecule has 0 aromatic rings. The summed E-state index contributed by atoms with van der Waals surface area (Å²) in [6.07, 6.45) is 11.4. The highest BCUT2D eigenvalue weighted by Gasteiger charge is 2.36. The van der Waals surface area contributed by atoms with Gasteiger partial charge in [-0.25, -0.2) is 0 Å². The first-order chi connectivity index (χ1) is 8.26. The molecule has 1 nitrogen and oxygen atoms in total. The highest BCUT2D eigenvalue weighted by molar-refractivity contribution is 6.73. The van der Waals surface area contributed by atoms with Crippen molar-refractivity contribution in [1.82, 2.24) is 0 Å². The van der Waals surface area contributed by atoms with Gasteiger partial charge < -0.3 is 4.43 Å². The van der Waals surface area contributed by atoms with Crippen LogP contribution in [0.4, 0.5) is 0 Å². The van der Waals surface area contributed by atoms with Gasteiger partial charge in [0, 0.05) is 6.10 Å². The molecule has 0 aromatic carbocycles. The van der Waals surface area contributed by atoms with Crippen molar-refractivity contribution >= 4 is 8.32 Å². The van der Waals surface area contributed by atoms with E-state index in [9.17, 15) is 0 Å². The molecule has 0 spiro atoms. The molecule has 1 unspecified atom stereocenters. The van der Waals surface area contributed by atoms with Crippen molar-refractivity contribution in [3.05, 3.63) is 0 Å². The molecule has 0 saturated carbocycles. The third kappa shape index (κ3) is 5.13. The lowest BCUT2D eigenvalue weighted by Crippen LogP contribution is -2.42. The van der Waals surface area contributed by atoms with Gasteiger partial charge in [0.25, 0.3) is 0 Å². The van der Waals surface area contributed by atoms with Gasteiger partial charge in [-0.05, 0) is 31.0 Å². The van der Waals surface area contributed by atoms with Gasteiger partial charge in [0.2, 0.25) is 0 Å². The Morgan fingerprint density at radius 2 is 1.65 bits per heavy atom. The van der Waals surface area contributed by atoms with Crippen LogP contribution in [0.25, 0.3) is 0 Å². The minimum atomic E-state index is -1.31. The summed E-state index contributed by atoms with van der Waals surface area (Å²) in [5, 5.41) is 0. The molecule has 1 heterocycles. The van der Waals surface area contributed by atoms with Crippen LogP contribution in [0, 0.1) is 0 Å². The number of hydrogen-bond donors (Lipinski definition) is 0. The average molecular weight is 257 g/mol. The van der Waals surface area contributed by atoms with Crippen LogP contribution in [0.2, 0.25) is 18.1 Å². The molecule has 0 aromatic heterocycles. The second-order valence-electron chi connectivity index (χ2n) is 5.77. The zero-order valence-electron chi connectivity index (χ0n) is 12.3. The summed E-state index contributed by atoms with van der Waals surface area (Å²) in [6.45, 7) is 6.96. The lowest BCUT2D eigenvalue weighted by atomic mass is 10.1. The molecular weight excluding hydrogens is 224 g/mol. The molecule has 1 fully saturated rings. The molecule has 17 heavy (non-hydrogen) atoms. The first-order valence-corrected chi connectivity index (χ1v) is 10.5. The molecule has 1 atom stereocenters. The van der Waals surface area contributed by atoms with Gasteiger partial charge >= 0.3 is 0 Å². The average Bonchev–Trinajstić information content (AvgIpc) is 2.37. The zero-order chi connectivity index (χ0) is 12.6. The summed E-state index contributed by atoms with van der Waals surface area (Å²) in [5.74, 6) is 0. The Morgan fingerprint density at radius 1 is 0.941 bits per heavy atom. The van der Waals surface area contributed by atoms with E-state index in [4.69, 9.17) is 4.43 Å². The predicted octanol–water partition coefficient (Wildman–Crippen LogP) is 5.51. The summed E-state index contributed by atoms with van der Waals surface area (Å²) in [6, 6.07) is 4.23. The minimum Gasteiger partial charge on any atom is -0.414 e. The van der Waals surface area contributed by atoms with Crippen LogP contribution in [0.15, 0.2) is 0 Å². The van der Waals surface area contributed by atoms with Crippen molar-refractivity contribution in [2.24, 2.45) is 0 Å². The molecule has 0 aliphatic carbocycles. The molecule has 1 saturated heterocycles. The van der Waals surface area contributed by atoms with Crippen molar-refractivity contribution < 1.29 is 4.43 Å². The molecule has 0 N–H and O–H groups in total. The summed E-state index contributed by atoms with van der Waals surface area (Å²) in [5.41, 5.74) is 0. The summed E-state index contributed by atoms with van der Waals surface area (Å²) < 4.78 is 6.71. The van der Waals surface area contributed by atoms with Crippen molar-refractivity contribution in [3.63, 3.8) is 0 Å². The van der Waals surface area contributed by atoms with Gasteiger partial charge in [-0.2, -0.15) is 0 Å². The van der Waals surface area contributed by atoms with E-state index in [1.165, 1.54) is 69.5 Å². The van der Waals surface area contributed by atoms with Crippen LogP contribution in [-0.4, -0.2) is 14.4 Å². The van der Waals surface area contributed by atoms with Crippen LogP contribution in [0.3, 0.4) is 0 Å². The molecule has 2 heteroatoms. The second kappa shape index (κ2) is 8.31. The largest absolute Gasteiger partial charge is 0.414 e. The van der Waals surface area contributed by atoms with E-state index >= 15 is 0 Å². The van der Waals surface area contributed by atoms with E-state index in [-0.39, 0.29) is 0 Å². The van der Waals surface area contributed by atoms with E-state index in [0.29, 0.717) is 6.10 Å². The van der Waals surface area contributed by atoms with Crippen molar-refractivity contribution in [1.29, 1.82) is 0 Å². The van der Waals surface area contributed by atoms with Gasteiger partial charge in [-0.15, -0.1) is 0 Å². The maximum Gasteiger partial charge on any atom is 0.192 e. The third-order valence-electron chi connectivity index (χ3n) is 4.32. The Balaban J connectivity index is 2.48. The molecule has 1 aliphatic rings. The predicted molar refractivity (Wildman–Crippen MR) is 79.0 cm³/mol. The number of hydrogen-bond acceptors (Lipinski definition) is 1. The first kappa shape index (κ1) is 15.2. The Bertz CT molecular complexity index is 187. The van der Waals surface area contributed by atoms with E-state index in [0.717, 1.165) is 0 Å². The maximum atomic E-state index is 6.71. The lowest BCUT2D eigenvalue weighted by Gasteiger charge is -2.37. The van der Waals surface area contributed by atoms with Gasteiger partial charge in [0.15, 0.2) is 8.32 Å². The van der Waals surface area contributed by atoms with Gasteiger partial charge in [0.05, 0.1) is 0 Å². The van der Waals surface area contributed by atoms with E-state index in [2.05, 4.69) is 20.8 Å². The Labute approximate surface area is 109 Å². The Hall–Kier alpha value is 0.177. The molecule has 102 valence electrons. The smallest absolute Gasteiger partial charge is 0.192 e. The fourth-order valence-corrected chi connectivity index (χ4v) is 7.21. The van der Waals surface area contributed by atoms with Gasteiger partial charge in [0.1, 0.15) is 0 Å². The number of rotatable bonds is 8. The molecule has 1 rings (SSSR count). The van der Waals surface area contributed by atoms with Crippen molar-refractivity contribution in [2.75, 3.05) is 0 Å². The SMILES string of the molecule is CCCCC(CCC)O[Si]1(CC)CCCCC1.